The standard InChI is InChI=1S/C22H28N2O5/c1-5-27-18-10-15-9-14(4)29-19(15)11-16(18)12-23-22(26)20(13(2)3)24-21(25)17-7-6-8-28-17/h6-8,10-11,13-14,20H,5,9,12H2,1-4H3,(H,23,26)(H,24,25)/t14-,20+/m1/s1. The Balaban J connectivity index is 1.69. The molecule has 0 radical (unpaired) electrons. The van der Waals surface area contributed by atoms with Crippen molar-refractivity contribution in [2.75, 3.05) is 6.61 Å². The van der Waals surface area contributed by atoms with Crippen molar-refractivity contribution in [2.45, 2.75) is 52.8 Å². The summed E-state index contributed by atoms with van der Waals surface area (Å²) in [5, 5.41) is 5.65. The van der Waals surface area contributed by atoms with Crippen LogP contribution in [0.2, 0.25) is 0 Å². The Kier molecular flexibility index (Phi) is 6.46. The molecule has 3 rings (SSSR count). The molecule has 2 aromatic rings. The van der Waals surface area contributed by atoms with Gasteiger partial charge in [-0.15, -0.1) is 0 Å². The Morgan fingerprint density at radius 2 is 2.10 bits per heavy atom. The van der Waals surface area contributed by atoms with Crippen LogP contribution in [0.25, 0.3) is 0 Å². The third-order valence-electron chi connectivity index (χ3n) is 4.81. The third kappa shape index (κ3) is 4.91. The number of hydrogen-bond donors (Lipinski definition) is 2. The number of carbonyl (C=O) groups is 2. The molecular formula is C22H28N2O5. The lowest BCUT2D eigenvalue weighted by Crippen LogP contribution is -2.49. The summed E-state index contributed by atoms with van der Waals surface area (Å²) in [5.74, 6) is 0.967. The van der Waals surface area contributed by atoms with Crippen LogP contribution in [-0.2, 0) is 17.8 Å². The maximum atomic E-state index is 12.8. The summed E-state index contributed by atoms with van der Waals surface area (Å²) in [4.78, 5) is 25.1. The fourth-order valence-electron chi connectivity index (χ4n) is 3.36. The van der Waals surface area contributed by atoms with Crippen LogP contribution in [0.15, 0.2) is 34.9 Å². The van der Waals surface area contributed by atoms with E-state index >= 15 is 0 Å². The van der Waals surface area contributed by atoms with Gasteiger partial charge in [-0.05, 0) is 44.0 Å². The summed E-state index contributed by atoms with van der Waals surface area (Å²) >= 11 is 0. The van der Waals surface area contributed by atoms with Crippen LogP contribution in [0.4, 0.5) is 0 Å². The molecule has 1 aliphatic heterocycles. The molecule has 7 nitrogen and oxygen atoms in total. The van der Waals surface area contributed by atoms with E-state index in [1.165, 1.54) is 6.26 Å². The summed E-state index contributed by atoms with van der Waals surface area (Å²) in [6.07, 6.45) is 2.40. The number of rotatable bonds is 8. The highest BCUT2D eigenvalue weighted by molar-refractivity contribution is 5.95. The van der Waals surface area contributed by atoms with E-state index in [0.29, 0.717) is 6.61 Å². The maximum Gasteiger partial charge on any atom is 0.287 e. The first kappa shape index (κ1) is 20.8. The van der Waals surface area contributed by atoms with Gasteiger partial charge in [0.15, 0.2) is 5.76 Å². The summed E-state index contributed by atoms with van der Waals surface area (Å²) in [5.41, 5.74) is 1.95. The molecule has 0 bridgehead atoms. The molecule has 1 aliphatic rings. The van der Waals surface area contributed by atoms with E-state index in [2.05, 4.69) is 10.6 Å². The number of ether oxygens (including phenoxy) is 2. The fraction of sp³-hybridized carbons (Fsp3) is 0.455. The van der Waals surface area contributed by atoms with Crippen molar-refractivity contribution < 1.29 is 23.5 Å². The van der Waals surface area contributed by atoms with E-state index in [0.717, 1.165) is 29.0 Å². The van der Waals surface area contributed by atoms with Gasteiger partial charge in [0.25, 0.3) is 5.91 Å². The number of carbonyl (C=O) groups excluding carboxylic acids is 2. The van der Waals surface area contributed by atoms with Crippen LogP contribution in [-0.4, -0.2) is 30.6 Å². The van der Waals surface area contributed by atoms with Gasteiger partial charge in [0, 0.05) is 24.1 Å². The molecule has 29 heavy (non-hydrogen) atoms. The fourth-order valence-corrected chi connectivity index (χ4v) is 3.36. The predicted octanol–water partition coefficient (Wildman–Crippen LogP) is 3.07. The zero-order valence-electron chi connectivity index (χ0n) is 17.3. The Morgan fingerprint density at radius 1 is 1.31 bits per heavy atom. The van der Waals surface area contributed by atoms with Crippen molar-refractivity contribution in [2.24, 2.45) is 5.92 Å². The Morgan fingerprint density at radius 3 is 2.76 bits per heavy atom. The molecule has 0 fully saturated rings. The van der Waals surface area contributed by atoms with Crippen LogP contribution < -0.4 is 20.1 Å². The van der Waals surface area contributed by atoms with Gasteiger partial charge in [-0.2, -0.15) is 0 Å². The molecular weight excluding hydrogens is 372 g/mol. The first-order valence-electron chi connectivity index (χ1n) is 9.96. The van der Waals surface area contributed by atoms with Gasteiger partial charge in [0.2, 0.25) is 5.91 Å². The van der Waals surface area contributed by atoms with E-state index in [4.69, 9.17) is 13.9 Å². The zero-order valence-corrected chi connectivity index (χ0v) is 17.3. The van der Waals surface area contributed by atoms with Gasteiger partial charge in [-0.25, -0.2) is 0 Å². The van der Waals surface area contributed by atoms with Crippen molar-refractivity contribution in [3.05, 3.63) is 47.4 Å². The number of fused-ring (bicyclic) bond motifs is 1. The highest BCUT2D eigenvalue weighted by atomic mass is 16.5. The largest absolute Gasteiger partial charge is 0.494 e. The molecule has 1 aromatic heterocycles. The van der Waals surface area contributed by atoms with Gasteiger partial charge < -0.3 is 24.5 Å². The van der Waals surface area contributed by atoms with E-state index in [9.17, 15) is 9.59 Å². The van der Waals surface area contributed by atoms with Crippen LogP contribution in [0.3, 0.4) is 0 Å². The number of nitrogens with one attached hydrogen (secondary N) is 2. The molecule has 0 spiro atoms. The lowest BCUT2D eigenvalue weighted by Gasteiger charge is -2.22. The molecule has 1 aromatic carbocycles. The highest BCUT2D eigenvalue weighted by Gasteiger charge is 2.26. The van der Waals surface area contributed by atoms with E-state index < -0.39 is 11.9 Å². The molecule has 0 saturated carbocycles. The predicted molar refractivity (Wildman–Crippen MR) is 108 cm³/mol. The van der Waals surface area contributed by atoms with Crippen LogP contribution in [0.5, 0.6) is 11.5 Å². The second-order valence-electron chi connectivity index (χ2n) is 7.52. The molecule has 7 heteroatoms. The zero-order chi connectivity index (χ0) is 21.0. The van der Waals surface area contributed by atoms with Crippen molar-refractivity contribution in [3.63, 3.8) is 0 Å². The topological polar surface area (TPSA) is 89.8 Å². The smallest absolute Gasteiger partial charge is 0.287 e. The molecule has 2 amide bonds. The second-order valence-corrected chi connectivity index (χ2v) is 7.52. The van der Waals surface area contributed by atoms with E-state index in [-0.39, 0.29) is 30.2 Å². The first-order chi connectivity index (χ1) is 13.9. The third-order valence-corrected chi connectivity index (χ3v) is 4.81. The van der Waals surface area contributed by atoms with Gasteiger partial charge >= 0.3 is 0 Å². The van der Waals surface area contributed by atoms with Gasteiger partial charge in [-0.1, -0.05) is 13.8 Å². The minimum Gasteiger partial charge on any atom is -0.494 e. The molecule has 0 unspecified atom stereocenters. The number of amides is 2. The number of hydrogen-bond acceptors (Lipinski definition) is 5. The van der Waals surface area contributed by atoms with Gasteiger partial charge in [-0.3, -0.25) is 9.59 Å². The highest BCUT2D eigenvalue weighted by Crippen LogP contribution is 2.35. The summed E-state index contributed by atoms with van der Waals surface area (Å²) in [7, 11) is 0. The Hall–Kier alpha value is -2.96. The Bertz CT molecular complexity index is 860. The van der Waals surface area contributed by atoms with Crippen molar-refractivity contribution in [1.82, 2.24) is 10.6 Å². The van der Waals surface area contributed by atoms with Crippen molar-refractivity contribution in [1.29, 1.82) is 0 Å². The van der Waals surface area contributed by atoms with E-state index in [1.54, 1.807) is 12.1 Å². The Labute approximate surface area is 170 Å². The average molecular weight is 400 g/mol. The van der Waals surface area contributed by atoms with Gasteiger partial charge in [0.05, 0.1) is 12.9 Å². The minimum atomic E-state index is -0.686. The molecule has 156 valence electrons. The van der Waals surface area contributed by atoms with E-state index in [1.807, 2.05) is 39.8 Å². The quantitative estimate of drug-likeness (QED) is 0.711. The number of benzene rings is 1. The lowest BCUT2D eigenvalue weighted by atomic mass is 10.0. The first-order valence-corrected chi connectivity index (χ1v) is 9.96. The maximum absolute atomic E-state index is 12.8. The van der Waals surface area contributed by atoms with Gasteiger partial charge in [0.1, 0.15) is 23.6 Å². The lowest BCUT2D eigenvalue weighted by molar-refractivity contribution is -0.124. The minimum absolute atomic E-state index is 0.0931. The monoisotopic (exact) mass is 400 g/mol. The molecule has 2 atom stereocenters. The molecule has 2 N–H and O–H groups in total. The van der Waals surface area contributed by atoms with Crippen LogP contribution >= 0.6 is 0 Å². The molecule has 0 saturated heterocycles. The summed E-state index contributed by atoms with van der Waals surface area (Å²) in [6.45, 7) is 8.51. The molecule has 2 heterocycles. The SMILES string of the molecule is CCOc1cc2c(cc1CNC(=O)[C@@H](NC(=O)c1ccco1)C(C)C)O[C@H](C)C2. The van der Waals surface area contributed by atoms with Crippen LogP contribution in [0, 0.1) is 5.92 Å². The summed E-state index contributed by atoms with van der Waals surface area (Å²) in [6, 6.07) is 6.42. The second kappa shape index (κ2) is 9.03. The summed E-state index contributed by atoms with van der Waals surface area (Å²) < 4.78 is 16.7. The van der Waals surface area contributed by atoms with Crippen LogP contribution in [0.1, 0.15) is 49.4 Å². The normalized spacial score (nSPS) is 16.1. The number of furan rings is 1. The molecule has 0 aliphatic carbocycles. The van der Waals surface area contributed by atoms with Crippen molar-refractivity contribution in [3.8, 4) is 11.5 Å². The average Bonchev–Trinajstić information content (AvgIpc) is 3.32. The van der Waals surface area contributed by atoms with Crippen molar-refractivity contribution >= 4 is 11.8 Å².